The smallest absolute Gasteiger partial charge is 0.362 e. The molecule has 0 aliphatic rings. The average Bonchev–Trinajstić information content (AvgIpc) is 3.08. The van der Waals surface area contributed by atoms with Crippen molar-refractivity contribution < 1.29 is 38.2 Å². The zero-order valence-electron chi connectivity index (χ0n) is 33.6. The van der Waals surface area contributed by atoms with E-state index in [-0.39, 0.29) is 36.2 Å². The standard InChI is InChI=1S/C43H77NO7/c1-6-8-10-12-14-16-18-19-20-21-22-24-25-27-29-31-33-41(45)50-38-39(37-49-36-35-40(43(47)48)44(3,4)5)51-42(46)34-32-30-28-26-23-17-15-13-11-9-7-2/h8,10,14,16,19-20,39-40H,6-7,9,11-13,15,17-18,21-38H2,1-5H3/p+1/b10-8+,16-14+,20-19+. The van der Waals surface area contributed by atoms with E-state index in [1.807, 2.05) is 21.1 Å². The van der Waals surface area contributed by atoms with Crippen molar-refractivity contribution in [3.63, 3.8) is 0 Å². The molecule has 0 aromatic heterocycles. The highest BCUT2D eigenvalue weighted by atomic mass is 16.6. The number of carbonyl (C=O) groups is 3. The lowest BCUT2D eigenvalue weighted by molar-refractivity contribution is -0.887. The summed E-state index contributed by atoms with van der Waals surface area (Å²) in [7, 11) is 5.52. The molecule has 0 heterocycles. The minimum Gasteiger partial charge on any atom is -0.477 e. The minimum atomic E-state index is -0.877. The molecular weight excluding hydrogens is 642 g/mol. The van der Waals surface area contributed by atoms with Crippen LogP contribution in [-0.4, -0.2) is 80.6 Å². The fraction of sp³-hybridized carbons (Fsp3) is 0.791. The number of quaternary nitrogens is 1. The molecule has 2 unspecified atom stereocenters. The summed E-state index contributed by atoms with van der Waals surface area (Å²) < 4.78 is 17.2. The van der Waals surface area contributed by atoms with Crippen LogP contribution in [0.4, 0.5) is 0 Å². The van der Waals surface area contributed by atoms with Gasteiger partial charge in [-0.3, -0.25) is 9.59 Å². The number of unbranched alkanes of at least 4 members (excludes halogenated alkanes) is 16. The van der Waals surface area contributed by atoms with E-state index >= 15 is 0 Å². The van der Waals surface area contributed by atoms with Gasteiger partial charge in [0.2, 0.25) is 0 Å². The lowest BCUT2D eigenvalue weighted by Crippen LogP contribution is -2.50. The maximum atomic E-state index is 12.7. The summed E-state index contributed by atoms with van der Waals surface area (Å²) in [6.45, 7) is 4.60. The normalized spacial score (nSPS) is 13.4. The van der Waals surface area contributed by atoms with Gasteiger partial charge in [-0.2, -0.15) is 0 Å². The second kappa shape index (κ2) is 34.6. The number of hydrogen-bond acceptors (Lipinski definition) is 6. The third kappa shape index (κ3) is 33.2. The Morgan fingerprint density at radius 3 is 1.63 bits per heavy atom. The van der Waals surface area contributed by atoms with Crippen molar-refractivity contribution in [3.05, 3.63) is 36.5 Å². The number of ether oxygens (including phenoxy) is 3. The van der Waals surface area contributed by atoms with E-state index < -0.39 is 18.1 Å². The molecule has 8 nitrogen and oxygen atoms in total. The van der Waals surface area contributed by atoms with Gasteiger partial charge in [0, 0.05) is 19.3 Å². The maximum Gasteiger partial charge on any atom is 0.362 e. The SMILES string of the molecule is CC/C=C/C/C=C/C/C=C/CCCCCCCCC(=O)OCC(COCCC(C(=O)O)[N+](C)(C)C)OC(=O)CCCCCCCCCCCCC. The van der Waals surface area contributed by atoms with Crippen LogP contribution in [0.15, 0.2) is 36.5 Å². The quantitative estimate of drug-likeness (QED) is 0.0298. The number of rotatable bonds is 36. The van der Waals surface area contributed by atoms with Crippen LogP contribution in [-0.2, 0) is 28.6 Å². The second-order valence-electron chi connectivity index (χ2n) is 14.9. The number of nitrogens with zero attached hydrogens (tertiary/aromatic N) is 1. The predicted molar refractivity (Wildman–Crippen MR) is 211 cm³/mol. The van der Waals surface area contributed by atoms with Crippen molar-refractivity contribution in [3.8, 4) is 0 Å². The van der Waals surface area contributed by atoms with Crippen LogP contribution in [0.2, 0.25) is 0 Å². The molecule has 0 aliphatic heterocycles. The van der Waals surface area contributed by atoms with E-state index in [1.54, 1.807) is 0 Å². The molecule has 0 saturated heterocycles. The molecule has 0 aromatic rings. The van der Waals surface area contributed by atoms with Gasteiger partial charge in [-0.25, -0.2) is 4.79 Å². The number of carbonyl (C=O) groups excluding carboxylic acids is 2. The van der Waals surface area contributed by atoms with Gasteiger partial charge in [-0.05, 0) is 44.9 Å². The zero-order valence-corrected chi connectivity index (χ0v) is 33.6. The maximum absolute atomic E-state index is 12.7. The Morgan fingerprint density at radius 2 is 1.10 bits per heavy atom. The van der Waals surface area contributed by atoms with Crippen molar-refractivity contribution in [1.82, 2.24) is 0 Å². The first-order valence-corrected chi connectivity index (χ1v) is 20.5. The fourth-order valence-corrected chi connectivity index (χ4v) is 5.87. The number of carboxylic acids is 1. The summed E-state index contributed by atoms with van der Waals surface area (Å²) in [5.41, 5.74) is 0. The topological polar surface area (TPSA) is 99.1 Å². The van der Waals surface area contributed by atoms with Crippen LogP contribution in [0.3, 0.4) is 0 Å². The van der Waals surface area contributed by atoms with E-state index in [0.717, 1.165) is 70.6 Å². The molecule has 0 spiro atoms. The molecule has 0 amide bonds. The molecule has 0 rings (SSSR count). The average molecular weight is 721 g/mol. The van der Waals surface area contributed by atoms with Crippen molar-refractivity contribution in [2.24, 2.45) is 0 Å². The summed E-state index contributed by atoms with van der Waals surface area (Å²) in [6.07, 6.45) is 37.5. The number of esters is 2. The van der Waals surface area contributed by atoms with E-state index in [0.29, 0.717) is 19.3 Å². The molecule has 0 aromatic carbocycles. The van der Waals surface area contributed by atoms with Crippen molar-refractivity contribution in [2.75, 3.05) is 41.0 Å². The van der Waals surface area contributed by atoms with Crippen LogP contribution >= 0.6 is 0 Å². The number of hydrogen-bond donors (Lipinski definition) is 1. The highest BCUT2D eigenvalue weighted by Crippen LogP contribution is 2.14. The second-order valence-corrected chi connectivity index (χ2v) is 14.9. The Hall–Kier alpha value is -2.45. The molecule has 8 heteroatoms. The van der Waals surface area contributed by atoms with Gasteiger partial charge in [0.05, 0.1) is 34.4 Å². The Balaban J connectivity index is 4.37. The van der Waals surface area contributed by atoms with Gasteiger partial charge in [-0.15, -0.1) is 0 Å². The third-order valence-corrected chi connectivity index (χ3v) is 9.05. The van der Waals surface area contributed by atoms with Crippen molar-refractivity contribution in [2.45, 2.75) is 180 Å². The highest BCUT2D eigenvalue weighted by molar-refractivity contribution is 5.72. The van der Waals surface area contributed by atoms with Crippen LogP contribution in [0.1, 0.15) is 168 Å². The van der Waals surface area contributed by atoms with E-state index in [4.69, 9.17) is 14.2 Å². The van der Waals surface area contributed by atoms with Gasteiger partial charge in [0.25, 0.3) is 0 Å². The first-order valence-electron chi connectivity index (χ1n) is 20.5. The molecule has 0 aliphatic carbocycles. The van der Waals surface area contributed by atoms with Crippen LogP contribution in [0.25, 0.3) is 0 Å². The Morgan fingerprint density at radius 1 is 0.608 bits per heavy atom. The van der Waals surface area contributed by atoms with E-state index in [1.165, 1.54) is 64.2 Å². The highest BCUT2D eigenvalue weighted by Gasteiger charge is 2.31. The monoisotopic (exact) mass is 721 g/mol. The molecule has 0 radical (unpaired) electrons. The molecule has 0 bridgehead atoms. The molecule has 0 fully saturated rings. The molecular formula is C43H78NO7+. The van der Waals surface area contributed by atoms with Gasteiger partial charge >= 0.3 is 17.9 Å². The first kappa shape index (κ1) is 48.5. The largest absolute Gasteiger partial charge is 0.477 e. The van der Waals surface area contributed by atoms with Crippen LogP contribution in [0.5, 0.6) is 0 Å². The molecule has 1 N–H and O–H groups in total. The van der Waals surface area contributed by atoms with Crippen LogP contribution in [0, 0.1) is 0 Å². The van der Waals surface area contributed by atoms with E-state index in [2.05, 4.69) is 50.3 Å². The Labute approximate surface area is 313 Å². The summed E-state index contributed by atoms with van der Waals surface area (Å²) >= 11 is 0. The lowest BCUT2D eigenvalue weighted by atomic mass is 10.1. The van der Waals surface area contributed by atoms with Crippen LogP contribution < -0.4 is 0 Å². The number of aliphatic carboxylic acids is 1. The van der Waals surface area contributed by atoms with Gasteiger partial charge < -0.3 is 23.8 Å². The zero-order chi connectivity index (χ0) is 37.8. The summed E-state index contributed by atoms with van der Waals surface area (Å²) in [4.78, 5) is 36.8. The summed E-state index contributed by atoms with van der Waals surface area (Å²) in [5, 5.41) is 9.59. The first-order chi connectivity index (χ1) is 24.6. The lowest BCUT2D eigenvalue weighted by Gasteiger charge is -2.31. The summed E-state index contributed by atoms with van der Waals surface area (Å²) in [5.74, 6) is -1.48. The van der Waals surface area contributed by atoms with Gasteiger partial charge in [0.1, 0.15) is 6.61 Å². The van der Waals surface area contributed by atoms with Gasteiger partial charge in [-0.1, -0.05) is 140 Å². The number of carboxylic acid groups (broad SMARTS) is 1. The third-order valence-electron chi connectivity index (χ3n) is 9.05. The summed E-state index contributed by atoms with van der Waals surface area (Å²) in [6, 6.07) is -0.614. The molecule has 51 heavy (non-hydrogen) atoms. The van der Waals surface area contributed by atoms with Crippen molar-refractivity contribution in [1.29, 1.82) is 0 Å². The van der Waals surface area contributed by atoms with Gasteiger partial charge in [0.15, 0.2) is 12.1 Å². The molecule has 296 valence electrons. The van der Waals surface area contributed by atoms with E-state index in [9.17, 15) is 19.5 Å². The predicted octanol–water partition coefficient (Wildman–Crippen LogP) is 10.7. The number of likely N-dealkylation sites (N-methyl/N-ethyl adjacent to an activating group) is 1. The Bertz CT molecular complexity index is 937. The molecule has 2 atom stereocenters. The minimum absolute atomic E-state index is 0.0558. The number of allylic oxidation sites excluding steroid dienone is 6. The Kier molecular flexibility index (Phi) is 33.0. The molecule has 0 saturated carbocycles. The fourth-order valence-electron chi connectivity index (χ4n) is 5.87. The van der Waals surface area contributed by atoms with Crippen molar-refractivity contribution >= 4 is 17.9 Å².